The number of carbonyl (C=O) groups excluding carboxylic acids is 1. The van der Waals surface area contributed by atoms with Crippen LogP contribution >= 0.6 is 11.6 Å². The first-order valence-corrected chi connectivity index (χ1v) is 8.28. The quantitative estimate of drug-likeness (QED) is 0.612. The summed E-state index contributed by atoms with van der Waals surface area (Å²) < 4.78 is 16.3. The second kappa shape index (κ2) is 9.18. The van der Waals surface area contributed by atoms with Gasteiger partial charge in [-0.05, 0) is 61.4 Å². The highest BCUT2D eigenvalue weighted by Crippen LogP contribution is 2.25. The summed E-state index contributed by atoms with van der Waals surface area (Å²) in [5.74, 6) is 1.62. The number of carbonyl (C=O) groups is 1. The molecule has 0 aliphatic rings. The van der Waals surface area contributed by atoms with Gasteiger partial charge in [-0.15, -0.1) is 0 Å². The topological polar surface area (TPSA) is 44.8 Å². The first-order valence-electron chi connectivity index (χ1n) is 7.90. The predicted molar refractivity (Wildman–Crippen MR) is 93.9 cm³/mol. The van der Waals surface area contributed by atoms with E-state index in [0.29, 0.717) is 28.7 Å². The monoisotopic (exact) mass is 348 g/mol. The molecule has 4 nitrogen and oxygen atoms in total. The maximum Gasteiger partial charge on any atom is 0.347 e. The third kappa shape index (κ3) is 5.46. The molecule has 2 aromatic carbocycles. The molecule has 0 radical (unpaired) electrons. The minimum Gasteiger partial charge on any atom is -0.479 e. The Balaban J connectivity index is 1.99. The number of halogens is 1. The molecule has 0 N–H and O–H groups in total. The molecule has 0 spiro atoms. The molecule has 0 saturated carbocycles. The van der Waals surface area contributed by atoms with E-state index in [1.807, 2.05) is 0 Å². The average molecular weight is 349 g/mol. The normalized spacial score (nSPS) is 11.6. The first kappa shape index (κ1) is 18.1. The lowest BCUT2D eigenvalue weighted by molar-refractivity contribution is -0.149. The first-order chi connectivity index (χ1) is 11.6. The van der Waals surface area contributed by atoms with Gasteiger partial charge in [0.15, 0.2) is 6.10 Å². The highest BCUT2D eigenvalue weighted by atomic mass is 35.5. The van der Waals surface area contributed by atoms with Crippen molar-refractivity contribution in [2.24, 2.45) is 0 Å². The Hall–Kier alpha value is -2.20. The van der Waals surface area contributed by atoms with Crippen LogP contribution in [0.5, 0.6) is 17.2 Å². The number of hydrogen-bond donors (Lipinski definition) is 0. The molecule has 0 saturated heterocycles. The molecule has 1 unspecified atom stereocenters. The van der Waals surface area contributed by atoms with Crippen LogP contribution in [0.15, 0.2) is 48.5 Å². The molecule has 0 amide bonds. The number of rotatable bonds is 8. The zero-order chi connectivity index (χ0) is 17.4. The molecule has 0 aliphatic heterocycles. The molecule has 0 aliphatic carbocycles. The number of benzene rings is 2. The van der Waals surface area contributed by atoms with Crippen LogP contribution in [0.3, 0.4) is 0 Å². The molecule has 1 atom stereocenters. The van der Waals surface area contributed by atoms with Crippen molar-refractivity contribution in [1.29, 1.82) is 0 Å². The zero-order valence-electron chi connectivity index (χ0n) is 13.8. The second-order valence-corrected chi connectivity index (χ2v) is 5.74. The van der Waals surface area contributed by atoms with Gasteiger partial charge < -0.3 is 14.2 Å². The van der Waals surface area contributed by atoms with Gasteiger partial charge >= 0.3 is 5.97 Å². The predicted octanol–water partition coefficient (Wildman–Crippen LogP) is 5.24. The molecule has 24 heavy (non-hydrogen) atoms. The molecule has 0 bridgehead atoms. The Morgan fingerprint density at radius 2 is 1.54 bits per heavy atom. The fourth-order valence-corrected chi connectivity index (χ4v) is 2.26. The van der Waals surface area contributed by atoms with E-state index in [4.69, 9.17) is 25.8 Å². The molecular weight excluding hydrogens is 328 g/mol. The summed E-state index contributed by atoms with van der Waals surface area (Å²) in [6, 6.07) is 14.2. The Labute approximate surface area is 147 Å². The standard InChI is InChI=1S/C19H21ClO4/c1-3-4-5-18(19(21)22-2)24-17-12-10-16(11-13-17)23-15-8-6-14(20)7-9-15/h6-13,18H,3-5H2,1-2H3. The van der Waals surface area contributed by atoms with Gasteiger partial charge in [-0.3, -0.25) is 0 Å². The van der Waals surface area contributed by atoms with Crippen LogP contribution in [-0.2, 0) is 9.53 Å². The van der Waals surface area contributed by atoms with Gasteiger partial charge in [0.1, 0.15) is 17.2 Å². The van der Waals surface area contributed by atoms with E-state index in [9.17, 15) is 4.79 Å². The summed E-state index contributed by atoms with van der Waals surface area (Å²) in [6.07, 6.45) is 1.94. The highest BCUT2D eigenvalue weighted by molar-refractivity contribution is 6.30. The molecule has 5 heteroatoms. The lowest BCUT2D eigenvalue weighted by Crippen LogP contribution is -2.28. The van der Waals surface area contributed by atoms with Gasteiger partial charge in [0.05, 0.1) is 7.11 Å². The number of esters is 1. The minimum atomic E-state index is -0.585. The van der Waals surface area contributed by atoms with Crippen LogP contribution in [0.25, 0.3) is 0 Å². The van der Waals surface area contributed by atoms with E-state index < -0.39 is 6.10 Å². The summed E-state index contributed by atoms with van der Waals surface area (Å²) >= 11 is 5.85. The molecule has 128 valence electrons. The van der Waals surface area contributed by atoms with Crippen molar-refractivity contribution in [3.05, 3.63) is 53.6 Å². The van der Waals surface area contributed by atoms with Gasteiger partial charge in [0.25, 0.3) is 0 Å². The minimum absolute atomic E-state index is 0.357. The summed E-state index contributed by atoms with van der Waals surface area (Å²) in [7, 11) is 1.37. The van der Waals surface area contributed by atoms with Gasteiger partial charge in [-0.25, -0.2) is 4.79 Å². The fourth-order valence-electron chi connectivity index (χ4n) is 2.14. The highest BCUT2D eigenvalue weighted by Gasteiger charge is 2.20. The van der Waals surface area contributed by atoms with Crippen molar-refractivity contribution in [1.82, 2.24) is 0 Å². The van der Waals surface area contributed by atoms with E-state index in [1.165, 1.54) is 7.11 Å². The largest absolute Gasteiger partial charge is 0.479 e. The molecule has 2 rings (SSSR count). The van der Waals surface area contributed by atoms with Crippen molar-refractivity contribution >= 4 is 17.6 Å². The van der Waals surface area contributed by atoms with Gasteiger partial charge in [-0.1, -0.05) is 24.9 Å². The SMILES string of the molecule is CCCCC(Oc1ccc(Oc2ccc(Cl)cc2)cc1)C(=O)OC. The number of hydrogen-bond acceptors (Lipinski definition) is 4. The van der Waals surface area contributed by atoms with Crippen LogP contribution < -0.4 is 9.47 Å². The molecular formula is C19H21ClO4. The van der Waals surface area contributed by atoms with E-state index >= 15 is 0 Å². The Morgan fingerprint density at radius 3 is 2.08 bits per heavy atom. The maximum atomic E-state index is 11.8. The third-order valence-corrected chi connectivity index (χ3v) is 3.69. The number of ether oxygens (including phenoxy) is 3. The zero-order valence-corrected chi connectivity index (χ0v) is 14.6. The van der Waals surface area contributed by atoms with Crippen LogP contribution in [0.2, 0.25) is 5.02 Å². The lowest BCUT2D eigenvalue weighted by atomic mass is 10.1. The van der Waals surface area contributed by atoms with Crippen LogP contribution in [0.1, 0.15) is 26.2 Å². The van der Waals surface area contributed by atoms with Gasteiger partial charge in [0.2, 0.25) is 0 Å². The Morgan fingerprint density at radius 1 is 1.00 bits per heavy atom. The average Bonchev–Trinajstić information content (AvgIpc) is 2.61. The summed E-state index contributed by atoms with van der Waals surface area (Å²) in [5.41, 5.74) is 0. The molecule has 0 fully saturated rings. The lowest BCUT2D eigenvalue weighted by Gasteiger charge is -2.17. The van der Waals surface area contributed by atoms with E-state index in [1.54, 1.807) is 48.5 Å². The number of unbranched alkanes of at least 4 members (excludes halogenated alkanes) is 1. The van der Waals surface area contributed by atoms with Gasteiger partial charge in [0, 0.05) is 5.02 Å². The number of methoxy groups -OCH3 is 1. The van der Waals surface area contributed by atoms with E-state index in [2.05, 4.69) is 6.92 Å². The van der Waals surface area contributed by atoms with Crippen molar-refractivity contribution in [3.8, 4) is 17.2 Å². The van der Waals surface area contributed by atoms with Crippen molar-refractivity contribution in [2.45, 2.75) is 32.3 Å². The summed E-state index contributed by atoms with van der Waals surface area (Å²) in [6.45, 7) is 2.07. The van der Waals surface area contributed by atoms with E-state index in [0.717, 1.165) is 12.8 Å². The Kier molecular flexibility index (Phi) is 6.94. The van der Waals surface area contributed by atoms with Crippen LogP contribution in [0, 0.1) is 0 Å². The second-order valence-electron chi connectivity index (χ2n) is 5.30. The van der Waals surface area contributed by atoms with Crippen molar-refractivity contribution in [3.63, 3.8) is 0 Å². The van der Waals surface area contributed by atoms with Crippen molar-refractivity contribution < 1.29 is 19.0 Å². The molecule has 2 aromatic rings. The fraction of sp³-hybridized carbons (Fsp3) is 0.316. The van der Waals surface area contributed by atoms with Crippen LogP contribution in [0.4, 0.5) is 0 Å². The maximum absolute atomic E-state index is 11.8. The Bertz CT molecular complexity index is 637. The van der Waals surface area contributed by atoms with Gasteiger partial charge in [-0.2, -0.15) is 0 Å². The smallest absolute Gasteiger partial charge is 0.347 e. The summed E-state index contributed by atoms with van der Waals surface area (Å²) in [5, 5.41) is 0.659. The third-order valence-electron chi connectivity index (χ3n) is 3.44. The van der Waals surface area contributed by atoms with Crippen LogP contribution in [-0.4, -0.2) is 19.2 Å². The molecule has 0 heterocycles. The molecule has 0 aromatic heterocycles. The van der Waals surface area contributed by atoms with E-state index in [-0.39, 0.29) is 5.97 Å². The summed E-state index contributed by atoms with van der Waals surface area (Å²) in [4.78, 5) is 11.8. The van der Waals surface area contributed by atoms with Crippen molar-refractivity contribution in [2.75, 3.05) is 7.11 Å².